The second-order valence-corrected chi connectivity index (χ2v) is 6.33. The Morgan fingerprint density at radius 1 is 1.23 bits per heavy atom. The Morgan fingerprint density at radius 2 is 1.95 bits per heavy atom. The van der Waals surface area contributed by atoms with Gasteiger partial charge in [0.15, 0.2) is 0 Å². The second-order valence-electron chi connectivity index (χ2n) is 6.33. The lowest BCUT2D eigenvalue weighted by molar-refractivity contribution is 0.163. The number of benzene rings is 1. The maximum absolute atomic E-state index is 14.0. The van der Waals surface area contributed by atoms with E-state index in [1.807, 2.05) is 13.0 Å². The third kappa shape index (κ3) is 3.04. The lowest BCUT2D eigenvalue weighted by Gasteiger charge is -2.33. The predicted octanol–water partition coefficient (Wildman–Crippen LogP) is 3.77. The smallest absolute Gasteiger partial charge is 0.250 e. The summed E-state index contributed by atoms with van der Waals surface area (Å²) >= 11 is 0. The lowest BCUT2D eigenvalue weighted by Crippen LogP contribution is -2.37. The predicted molar refractivity (Wildman–Crippen MR) is 83.1 cm³/mol. The molecule has 4 nitrogen and oxygen atoms in total. The highest BCUT2D eigenvalue weighted by Crippen LogP contribution is 2.30. The molecule has 0 N–H and O–H groups in total. The number of nitrogens with zero attached hydrogens (tertiary/aromatic N) is 3. The Morgan fingerprint density at radius 3 is 2.59 bits per heavy atom. The Balaban J connectivity index is 1.74. The lowest BCUT2D eigenvalue weighted by atomic mass is 9.96. The molecule has 0 unspecified atom stereocenters. The first-order chi connectivity index (χ1) is 10.5. The maximum atomic E-state index is 14.0. The Hall–Kier alpha value is -1.75. The molecule has 2 aromatic rings. The van der Waals surface area contributed by atoms with Crippen molar-refractivity contribution in [3.8, 4) is 11.5 Å². The molecule has 0 bridgehead atoms. The Labute approximate surface area is 130 Å². The number of halogens is 1. The standard InChI is InChI=1S/C17H22FN3O/c1-11(2)21-8-6-13(7-9-21)16-19-20-17(22-16)14-5-4-12(3)10-15(14)18/h4-5,10-11,13H,6-9H2,1-3H3. The summed E-state index contributed by atoms with van der Waals surface area (Å²) in [4.78, 5) is 2.45. The van der Waals surface area contributed by atoms with Crippen LogP contribution in [0.25, 0.3) is 11.5 Å². The monoisotopic (exact) mass is 303 g/mol. The van der Waals surface area contributed by atoms with Crippen molar-refractivity contribution in [3.05, 3.63) is 35.5 Å². The van der Waals surface area contributed by atoms with E-state index in [1.165, 1.54) is 6.07 Å². The summed E-state index contributed by atoms with van der Waals surface area (Å²) in [6.07, 6.45) is 2.02. The molecular weight excluding hydrogens is 281 g/mol. The highest BCUT2D eigenvalue weighted by Gasteiger charge is 2.26. The van der Waals surface area contributed by atoms with Gasteiger partial charge in [-0.05, 0) is 64.4 Å². The number of aryl methyl sites for hydroxylation is 1. The van der Waals surface area contributed by atoms with Crippen LogP contribution >= 0.6 is 0 Å². The summed E-state index contributed by atoms with van der Waals surface area (Å²) in [5.41, 5.74) is 1.26. The number of hydrogen-bond donors (Lipinski definition) is 0. The van der Waals surface area contributed by atoms with Crippen LogP contribution in [0, 0.1) is 12.7 Å². The van der Waals surface area contributed by atoms with E-state index in [2.05, 4.69) is 28.9 Å². The number of hydrogen-bond acceptors (Lipinski definition) is 4. The summed E-state index contributed by atoms with van der Waals surface area (Å²) in [6.45, 7) is 8.36. The minimum absolute atomic E-state index is 0.277. The fourth-order valence-electron chi connectivity index (χ4n) is 2.96. The first kappa shape index (κ1) is 15.2. The fourth-order valence-corrected chi connectivity index (χ4v) is 2.96. The minimum atomic E-state index is -0.315. The van der Waals surface area contributed by atoms with Gasteiger partial charge in [0.1, 0.15) is 5.82 Å². The molecule has 1 aromatic heterocycles. The molecule has 0 aliphatic carbocycles. The molecule has 5 heteroatoms. The Kier molecular flexibility index (Phi) is 4.25. The van der Waals surface area contributed by atoms with E-state index in [0.717, 1.165) is 31.5 Å². The summed E-state index contributed by atoms with van der Waals surface area (Å²) in [5, 5.41) is 8.18. The first-order valence-corrected chi connectivity index (χ1v) is 7.88. The van der Waals surface area contributed by atoms with Gasteiger partial charge in [-0.3, -0.25) is 0 Å². The SMILES string of the molecule is Cc1ccc(-c2nnc(C3CCN(C(C)C)CC3)o2)c(F)c1. The third-order valence-corrected chi connectivity index (χ3v) is 4.40. The van der Waals surface area contributed by atoms with Gasteiger partial charge in [-0.2, -0.15) is 0 Å². The molecule has 1 aromatic carbocycles. The van der Waals surface area contributed by atoms with E-state index in [1.54, 1.807) is 6.07 Å². The van der Waals surface area contributed by atoms with Crippen LogP contribution in [0.3, 0.4) is 0 Å². The van der Waals surface area contributed by atoms with Gasteiger partial charge in [0.05, 0.1) is 5.56 Å². The molecule has 22 heavy (non-hydrogen) atoms. The van der Waals surface area contributed by atoms with Gasteiger partial charge in [0, 0.05) is 12.0 Å². The molecule has 0 amide bonds. The number of likely N-dealkylation sites (tertiary alicyclic amines) is 1. The van der Waals surface area contributed by atoms with E-state index < -0.39 is 0 Å². The highest BCUT2D eigenvalue weighted by molar-refractivity contribution is 5.54. The molecule has 1 fully saturated rings. The van der Waals surface area contributed by atoms with Crippen LogP contribution < -0.4 is 0 Å². The molecule has 0 atom stereocenters. The van der Waals surface area contributed by atoms with Gasteiger partial charge in [-0.25, -0.2) is 4.39 Å². The normalized spacial score (nSPS) is 17.3. The highest BCUT2D eigenvalue weighted by atomic mass is 19.1. The van der Waals surface area contributed by atoms with Crippen molar-refractivity contribution < 1.29 is 8.81 Å². The zero-order chi connectivity index (χ0) is 15.7. The molecule has 0 saturated carbocycles. The topological polar surface area (TPSA) is 42.2 Å². The van der Waals surface area contributed by atoms with Crippen LogP contribution in [0.15, 0.2) is 22.6 Å². The van der Waals surface area contributed by atoms with E-state index in [0.29, 0.717) is 17.5 Å². The van der Waals surface area contributed by atoms with Crippen LogP contribution in [0.2, 0.25) is 0 Å². The van der Waals surface area contributed by atoms with Gasteiger partial charge < -0.3 is 9.32 Å². The minimum Gasteiger partial charge on any atom is -0.420 e. The van der Waals surface area contributed by atoms with Crippen LogP contribution in [0.5, 0.6) is 0 Å². The van der Waals surface area contributed by atoms with Crippen molar-refractivity contribution in [1.29, 1.82) is 0 Å². The second kappa shape index (κ2) is 6.16. The van der Waals surface area contributed by atoms with Gasteiger partial charge in [0.25, 0.3) is 5.89 Å². The van der Waals surface area contributed by atoms with E-state index in [9.17, 15) is 4.39 Å². The van der Waals surface area contributed by atoms with Crippen molar-refractivity contribution in [2.45, 2.75) is 45.6 Å². The zero-order valence-corrected chi connectivity index (χ0v) is 13.3. The van der Waals surface area contributed by atoms with Crippen molar-refractivity contribution in [2.24, 2.45) is 0 Å². The molecule has 0 radical (unpaired) electrons. The molecule has 2 heterocycles. The van der Waals surface area contributed by atoms with Crippen LogP contribution in [0.4, 0.5) is 4.39 Å². The maximum Gasteiger partial charge on any atom is 0.250 e. The van der Waals surface area contributed by atoms with E-state index in [-0.39, 0.29) is 17.6 Å². The Bertz CT molecular complexity index is 645. The molecule has 1 aliphatic rings. The average molecular weight is 303 g/mol. The molecule has 1 aliphatic heterocycles. The van der Waals surface area contributed by atoms with Gasteiger partial charge in [0.2, 0.25) is 5.89 Å². The summed E-state index contributed by atoms with van der Waals surface area (Å²) in [6, 6.07) is 5.61. The molecular formula is C17H22FN3O. The molecule has 1 saturated heterocycles. The molecule has 0 spiro atoms. The van der Waals surface area contributed by atoms with E-state index in [4.69, 9.17) is 4.42 Å². The van der Waals surface area contributed by atoms with E-state index >= 15 is 0 Å². The number of piperidine rings is 1. The van der Waals surface area contributed by atoms with Gasteiger partial charge >= 0.3 is 0 Å². The van der Waals surface area contributed by atoms with Crippen molar-refractivity contribution in [3.63, 3.8) is 0 Å². The molecule has 118 valence electrons. The first-order valence-electron chi connectivity index (χ1n) is 7.88. The van der Waals surface area contributed by atoms with Gasteiger partial charge in [-0.15, -0.1) is 10.2 Å². The van der Waals surface area contributed by atoms with Crippen molar-refractivity contribution in [2.75, 3.05) is 13.1 Å². The largest absolute Gasteiger partial charge is 0.420 e. The zero-order valence-electron chi connectivity index (χ0n) is 13.3. The van der Waals surface area contributed by atoms with Gasteiger partial charge in [-0.1, -0.05) is 6.07 Å². The molecule has 3 rings (SSSR count). The quantitative estimate of drug-likeness (QED) is 0.865. The summed E-state index contributed by atoms with van der Waals surface area (Å²) in [5.74, 6) is 0.881. The third-order valence-electron chi connectivity index (χ3n) is 4.40. The van der Waals surface area contributed by atoms with Crippen molar-refractivity contribution >= 4 is 0 Å². The van der Waals surface area contributed by atoms with Crippen LogP contribution in [0.1, 0.15) is 44.1 Å². The van der Waals surface area contributed by atoms with Crippen LogP contribution in [-0.4, -0.2) is 34.2 Å². The summed E-state index contributed by atoms with van der Waals surface area (Å²) in [7, 11) is 0. The number of rotatable bonds is 3. The average Bonchev–Trinajstić information content (AvgIpc) is 2.97. The fraction of sp³-hybridized carbons (Fsp3) is 0.529. The number of aromatic nitrogens is 2. The van der Waals surface area contributed by atoms with Crippen molar-refractivity contribution in [1.82, 2.24) is 15.1 Å². The van der Waals surface area contributed by atoms with Crippen LogP contribution in [-0.2, 0) is 0 Å². The summed E-state index contributed by atoms with van der Waals surface area (Å²) < 4.78 is 19.7.